The smallest absolute Gasteiger partial charge is 0.319 e. The summed E-state index contributed by atoms with van der Waals surface area (Å²) >= 11 is 0. The zero-order valence-corrected chi connectivity index (χ0v) is 23.3. The normalized spacial score (nSPS) is 22.6. The third-order valence-corrected chi connectivity index (χ3v) is 8.70. The number of anilines is 1. The molecule has 3 aliphatic heterocycles. The molecule has 7 rings (SSSR count). The molecule has 3 N–H and O–H groups in total. The number of pyridine rings is 1. The van der Waals surface area contributed by atoms with Crippen molar-refractivity contribution in [2.75, 3.05) is 50.9 Å². The molecule has 222 valence electrons. The van der Waals surface area contributed by atoms with Gasteiger partial charge >= 0.3 is 6.01 Å². The highest BCUT2D eigenvalue weighted by molar-refractivity contribution is 6.03. The molecule has 43 heavy (non-hydrogen) atoms. The summed E-state index contributed by atoms with van der Waals surface area (Å²) in [4.78, 5) is 15.7. The number of aromatic hydroxyl groups is 1. The zero-order chi connectivity index (χ0) is 29.7. The van der Waals surface area contributed by atoms with Crippen molar-refractivity contribution in [3.05, 3.63) is 47.7 Å². The van der Waals surface area contributed by atoms with E-state index in [-0.39, 0.29) is 46.1 Å². The number of hydrazine groups is 1. The maximum atomic E-state index is 16.6. The standard InChI is InChI=1S/C31H30F3N7O2/c1-2-21-24(33)5-4-18-12-20(42)13-22(25(18)21)27-26(34)28-23(15-36-27)29(41-11-9-35-7-8-37-41)39-30(38-28)43-17-31-6-3-10-40(31)16-19(32)14-31/h1,4-5,12-13,15,19,35,37,42H,3,6-11,14,16-17H2/t19-,31+/m1/s1. The molecule has 2 aromatic heterocycles. The van der Waals surface area contributed by atoms with E-state index in [9.17, 15) is 13.9 Å². The van der Waals surface area contributed by atoms with Crippen LogP contribution in [0.1, 0.15) is 24.8 Å². The van der Waals surface area contributed by atoms with Crippen molar-refractivity contribution in [2.45, 2.75) is 31.0 Å². The molecular weight excluding hydrogens is 559 g/mol. The van der Waals surface area contributed by atoms with Crippen LogP contribution in [-0.4, -0.2) is 82.5 Å². The Balaban J connectivity index is 1.38. The number of halogens is 3. The Labute approximate surface area is 246 Å². The van der Waals surface area contributed by atoms with Crippen LogP contribution in [0, 0.1) is 24.0 Å². The minimum absolute atomic E-state index is 0.0442. The zero-order valence-electron chi connectivity index (χ0n) is 23.3. The van der Waals surface area contributed by atoms with Gasteiger partial charge < -0.3 is 15.2 Å². The van der Waals surface area contributed by atoms with Crippen LogP contribution >= 0.6 is 0 Å². The van der Waals surface area contributed by atoms with Crippen LogP contribution in [0.2, 0.25) is 0 Å². The highest BCUT2D eigenvalue weighted by atomic mass is 19.1. The summed E-state index contributed by atoms with van der Waals surface area (Å²) in [5.74, 6) is 1.13. The summed E-state index contributed by atoms with van der Waals surface area (Å²) in [7, 11) is 0. The van der Waals surface area contributed by atoms with E-state index in [4.69, 9.17) is 11.2 Å². The highest BCUT2D eigenvalue weighted by Crippen LogP contribution is 2.41. The number of aromatic nitrogens is 3. The summed E-state index contributed by atoms with van der Waals surface area (Å²) in [6.07, 6.45) is 8.30. The lowest BCUT2D eigenvalue weighted by molar-refractivity contribution is 0.107. The number of phenols is 1. The summed E-state index contributed by atoms with van der Waals surface area (Å²) in [6, 6.07) is 5.37. The molecule has 0 radical (unpaired) electrons. The Kier molecular flexibility index (Phi) is 6.96. The van der Waals surface area contributed by atoms with E-state index < -0.39 is 23.3 Å². The van der Waals surface area contributed by atoms with Gasteiger partial charge in [0.15, 0.2) is 11.6 Å². The van der Waals surface area contributed by atoms with E-state index >= 15 is 4.39 Å². The van der Waals surface area contributed by atoms with E-state index in [1.807, 2.05) is 0 Å². The number of nitrogens with one attached hydrogen (secondary N) is 2. The molecule has 0 saturated carbocycles. The van der Waals surface area contributed by atoms with Crippen LogP contribution in [-0.2, 0) is 0 Å². The number of phenolic OH excluding ortho intramolecular Hbond substituents is 1. The lowest BCUT2D eigenvalue weighted by atomic mass is 9.95. The molecule has 0 aliphatic carbocycles. The minimum atomic E-state index is -0.924. The van der Waals surface area contributed by atoms with Crippen LogP contribution in [0.5, 0.6) is 11.8 Å². The summed E-state index contributed by atoms with van der Waals surface area (Å²) in [5, 5.41) is 16.6. The fourth-order valence-corrected chi connectivity index (χ4v) is 6.74. The Bertz CT molecular complexity index is 1770. The Morgan fingerprint density at radius 3 is 2.91 bits per heavy atom. The number of nitrogens with zero attached hydrogens (tertiary/aromatic N) is 5. The summed E-state index contributed by atoms with van der Waals surface area (Å²) in [5.41, 5.74) is 2.69. The number of alkyl halides is 1. The topological polar surface area (TPSA) is 98.7 Å². The van der Waals surface area contributed by atoms with Crippen LogP contribution in [0.3, 0.4) is 0 Å². The molecule has 2 aromatic carbocycles. The molecule has 4 aromatic rings. The van der Waals surface area contributed by atoms with E-state index in [1.54, 1.807) is 5.01 Å². The van der Waals surface area contributed by atoms with Crippen molar-refractivity contribution >= 4 is 27.5 Å². The number of fused-ring (bicyclic) bond motifs is 3. The first kappa shape index (κ1) is 27.6. The Hall–Kier alpha value is -4.18. The number of rotatable bonds is 5. The highest BCUT2D eigenvalue weighted by Gasteiger charge is 2.49. The van der Waals surface area contributed by atoms with Crippen molar-refractivity contribution in [3.63, 3.8) is 0 Å². The second kappa shape index (κ2) is 10.8. The summed E-state index contributed by atoms with van der Waals surface area (Å²) in [6.45, 7) is 3.89. The van der Waals surface area contributed by atoms with Crippen LogP contribution < -0.4 is 20.5 Å². The lowest BCUT2D eigenvalue weighted by Crippen LogP contribution is -2.43. The van der Waals surface area contributed by atoms with Gasteiger partial charge in [0.05, 0.1) is 16.5 Å². The molecule has 5 heterocycles. The van der Waals surface area contributed by atoms with Gasteiger partial charge in [0.2, 0.25) is 0 Å². The first-order valence-electron chi connectivity index (χ1n) is 14.4. The number of hydrogen-bond acceptors (Lipinski definition) is 9. The molecule has 2 atom stereocenters. The van der Waals surface area contributed by atoms with Gasteiger partial charge in [-0.1, -0.05) is 12.0 Å². The van der Waals surface area contributed by atoms with Gasteiger partial charge in [-0.3, -0.25) is 14.9 Å². The SMILES string of the molecule is C#Cc1c(F)ccc2cc(O)cc(-c3ncc4c(N5CCNCCN5)nc(OC[C@@]56CCCN5C[C@H](F)C6)nc4c3F)c12. The fraction of sp³-hybridized carbons (Fsp3) is 0.387. The minimum Gasteiger partial charge on any atom is -0.508 e. The molecular formula is C31H30F3N7O2. The van der Waals surface area contributed by atoms with E-state index in [0.717, 1.165) is 25.9 Å². The maximum Gasteiger partial charge on any atom is 0.319 e. The Morgan fingerprint density at radius 1 is 1.16 bits per heavy atom. The van der Waals surface area contributed by atoms with Gasteiger partial charge in [0, 0.05) is 56.3 Å². The largest absolute Gasteiger partial charge is 0.508 e. The number of benzene rings is 2. The fourth-order valence-electron chi connectivity index (χ4n) is 6.74. The van der Waals surface area contributed by atoms with E-state index in [2.05, 4.69) is 36.5 Å². The molecule has 0 spiro atoms. The lowest BCUT2D eigenvalue weighted by Gasteiger charge is -2.31. The number of terminal acetylenes is 1. The molecule has 3 fully saturated rings. The van der Waals surface area contributed by atoms with Crippen LogP contribution in [0.4, 0.5) is 19.0 Å². The van der Waals surface area contributed by atoms with Crippen LogP contribution in [0.25, 0.3) is 32.9 Å². The molecule has 3 saturated heterocycles. The number of hydrogen-bond donors (Lipinski definition) is 3. The van der Waals surface area contributed by atoms with Gasteiger partial charge in [0.1, 0.15) is 35.6 Å². The molecule has 0 bridgehead atoms. The Morgan fingerprint density at radius 2 is 2.05 bits per heavy atom. The maximum absolute atomic E-state index is 16.6. The van der Waals surface area contributed by atoms with Crippen LogP contribution in [0.15, 0.2) is 30.5 Å². The second-order valence-electron chi connectivity index (χ2n) is 11.3. The van der Waals surface area contributed by atoms with Gasteiger partial charge in [-0.25, -0.2) is 18.6 Å². The predicted molar refractivity (Wildman–Crippen MR) is 157 cm³/mol. The van der Waals surface area contributed by atoms with E-state index in [0.29, 0.717) is 49.2 Å². The van der Waals surface area contributed by atoms with Crippen molar-refractivity contribution in [2.24, 2.45) is 0 Å². The third-order valence-electron chi connectivity index (χ3n) is 8.70. The molecule has 12 heteroatoms. The van der Waals surface area contributed by atoms with Gasteiger partial charge in [0.25, 0.3) is 0 Å². The predicted octanol–water partition coefficient (Wildman–Crippen LogP) is 3.68. The van der Waals surface area contributed by atoms with Gasteiger partial charge in [-0.05, 0) is 43.0 Å². The quantitative estimate of drug-likeness (QED) is 0.301. The average molecular weight is 590 g/mol. The van der Waals surface area contributed by atoms with Crippen molar-refractivity contribution in [3.8, 4) is 35.4 Å². The average Bonchev–Trinajstić information content (AvgIpc) is 3.37. The van der Waals surface area contributed by atoms with Crippen molar-refractivity contribution in [1.82, 2.24) is 30.6 Å². The molecule has 9 nitrogen and oxygen atoms in total. The van der Waals surface area contributed by atoms with E-state index in [1.165, 1.54) is 30.5 Å². The van der Waals surface area contributed by atoms with Crippen molar-refractivity contribution in [1.29, 1.82) is 0 Å². The number of ether oxygens (including phenoxy) is 1. The molecule has 3 aliphatic rings. The molecule has 0 unspecified atom stereocenters. The first-order chi connectivity index (χ1) is 20.9. The monoisotopic (exact) mass is 589 g/mol. The summed E-state index contributed by atoms with van der Waals surface area (Å²) < 4.78 is 51.9. The van der Waals surface area contributed by atoms with Gasteiger partial charge in [-0.2, -0.15) is 9.97 Å². The molecule has 0 amide bonds. The second-order valence-corrected chi connectivity index (χ2v) is 11.3. The third kappa shape index (κ3) is 4.77. The van der Waals surface area contributed by atoms with Gasteiger partial charge in [-0.15, -0.1) is 6.42 Å². The first-order valence-corrected chi connectivity index (χ1v) is 14.4. The van der Waals surface area contributed by atoms with Crippen molar-refractivity contribution < 1.29 is 23.0 Å².